The summed E-state index contributed by atoms with van der Waals surface area (Å²) >= 11 is 0. The Morgan fingerprint density at radius 1 is 1.10 bits per heavy atom. The second-order valence-corrected chi connectivity index (χ2v) is 7.78. The van der Waals surface area contributed by atoms with E-state index >= 15 is 0 Å². The van der Waals surface area contributed by atoms with Gasteiger partial charge in [0, 0.05) is 26.1 Å². The summed E-state index contributed by atoms with van der Waals surface area (Å²) in [4.78, 5) is 29.6. The van der Waals surface area contributed by atoms with Gasteiger partial charge >= 0.3 is 0 Å². The van der Waals surface area contributed by atoms with Gasteiger partial charge in [-0.1, -0.05) is 18.2 Å². The highest BCUT2D eigenvalue weighted by Gasteiger charge is 2.36. The number of anilines is 3. The van der Waals surface area contributed by atoms with Crippen molar-refractivity contribution >= 4 is 28.9 Å². The molecular weight excluding hydrogens is 366 g/mol. The van der Waals surface area contributed by atoms with E-state index in [4.69, 9.17) is 4.74 Å². The van der Waals surface area contributed by atoms with Crippen LogP contribution in [0.4, 0.5) is 17.1 Å². The highest BCUT2D eigenvalue weighted by molar-refractivity contribution is 6.05. The molecule has 2 aromatic carbocycles. The summed E-state index contributed by atoms with van der Waals surface area (Å²) in [6.07, 6.45) is 2.55. The number of para-hydroxylation sites is 2. The van der Waals surface area contributed by atoms with Gasteiger partial charge in [0.25, 0.3) is 0 Å². The maximum atomic E-state index is 13.0. The van der Waals surface area contributed by atoms with Crippen molar-refractivity contribution < 1.29 is 14.3 Å². The number of carbonyl (C=O) groups is 2. The quantitative estimate of drug-likeness (QED) is 0.843. The lowest BCUT2D eigenvalue weighted by Crippen LogP contribution is -2.29. The van der Waals surface area contributed by atoms with Crippen molar-refractivity contribution in [3.05, 3.63) is 48.0 Å². The topological polar surface area (TPSA) is 61.9 Å². The molecular formula is C23H27N3O3. The Morgan fingerprint density at radius 3 is 2.62 bits per heavy atom. The molecule has 1 atom stereocenters. The molecule has 6 heteroatoms. The average molecular weight is 393 g/mol. The van der Waals surface area contributed by atoms with Gasteiger partial charge in [0.1, 0.15) is 5.75 Å². The molecule has 2 amide bonds. The van der Waals surface area contributed by atoms with Gasteiger partial charge in [-0.15, -0.1) is 0 Å². The fourth-order valence-electron chi connectivity index (χ4n) is 4.17. The van der Waals surface area contributed by atoms with Gasteiger partial charge in [-0.25, -0.2) is 0 Å². The Labute approximate surface area is 171 Å². The van der Waals surface area contributed by atoms with Crippen LogP contribution in [0.5, 0.6) is 5.75 Å². The van der Waals surface area contributed by atoms with Crippen molar-refractivity contribution in [3.63, 3.8) is 0 Å². The minimum Gasteiger partial charge on any atom is -0.495 e. The SMILES string of the molecule is COc1ccc(C)cc1N1CC(C(=O)Nc2ccccc2N2CCCC2)CC1=O. The average Bonchev–Trinajstić information content (AvgIpc) is 3.38. The second-order valence-electron chi connectivity index (χ2n) is 7.78. The number of hydrogen-bond donors (Lipinski definition) is 1. The van der Waals surface area contributed by atoms with Crippen molar-refractivity contribution in [1.82, 2.24) is 0 Å². The largest absolute Gasteiger partial charge is 0.495 e. The van der Waals surface area contributed by atoms with Crippen LogP contribution in [0.1, 0.15) is 24.8 Å². The van der Waals surface area contributed by atoms with Gasteiger partial charge in [-0.05, 0) is 49.6 Å². The van der Waals surface area contributed by atoms with E-state index in [1.807, 2.05) is 49.4 Å². The maximum Gasteiger partial charge on any atom is 0.229 e. The zero-order valence-electron chi connectivity index (χ0n) is 17.0. The molecule has 2 aromatic rings. The first-order chi connectivity index (χ1) is 14.1. The molecule has 4 rings (SSSR count). The second kappa shape index (κ2) is 8.15. The molecule has 0 aliphatic carbocycles. The van der Waals surface area contributed by atoms with Gasteiger partial charge in [-0.2, -0.15) is 0 Å². The van der Waals surface area contributed by atoms with Crippen LogP contribution < -0.4 is 19.9 Å². The highest BCUT2D eigenvalue weighted by Crippen LogP contribution is 2.35. The van der Waals surface area contributed by atoms with Crippen molar-refractivity contribution in [3.8, 4) is 5.75 Å². The minimum absolute atomic E-state index is 0.0538. The summed E-state index contributed by atoms with van der Waals surface area (Å²) in [6, 6.07) is 13.6. The molecule has 0 bridgehead atoms. The van der Waals surface area contributed by atoms with E-state index in [2.05, 4.69) is 10.2 Å². The summed E-state index contributed by atoms with van der Waals surface area (Å²) in [5.74, 6) is 0.0877. The molecule has 2 aliphatic heterocycles. The van der Waals surface area contributed by atoms with E-state index < -0.39 is 0 Å². The first-order valence-corrected chi connectivity index (χ1v) is 10.2. The molecule has 0 saturated carbocycles. The lowest BCUT2D eigenvalue weighted by atomic mass is 10.1. The number of carbonyl (C=O) groups excluding carboxylic acids is 2. The predicted molar refractivity (Wildman–Crippen MR) is 115 cm³/mol. The summed E-state index contributed by atoms with van der Waals surface area (Å²) in [5, 5.41) is 3.07. The Balaban J connectivity index is 1.50. The van der Waals surface area contributed by atoms with Crippen molar-refractivity contribution in [2.75, 3.05) is 41.9 Å². The molecule has 1 unspecified atom stereocenters. The van der Waals surface area contributed by atoms with E-state index in [1.54, 1.807) is 12.0 Å². The van der Waals surface area contributed by atoms with Gasteiger partial charge < -0.3 is 19.9 Å². The molecule has 2 aliphatic rings. The van der Waals surface area contributed by atoms with Gasteiger partial charge in [0.05, 0.1) is 30.1 Å². The normalized spacial score (nSPS) is 19.0. The van der Waals surface area contributed by atoms with Crippen LogP contribution in [-0.2, 0) is 9.59 Å². The Bertz CT molecular complexity index is 921. The van der Waals surface area contributed by atoms with Crippen LogP contribution in [-0.4, -0.2) is 38.6 Å². The molecule has 1 N–H and O–H groups in total. The van der Waals surface area contributed by atoms with Crippen molar-refractivity contribution in [1.29, 1.82) is 0 Å². The van der Waals surface area contributed by atoms with Crippen LogP contribution in [0, 0.1) is 12.8 Å². The number of nitrogens with zero attached hydrogens (tertiary/aromatic N) is 2. The van der Waals surface area contributed by atoms with Crippen LogP contribution in [0.2, 0.25) is 0 Å². The third kappa shape index (κ3) is 3.92. The number of nitrogens with one attached hydrogen (secondary N) is 1. The smallest absolute Gasteiger partial charge is 0.229 e. The zero-order valence-corrected chi connectivity index (χ0v) is 17.0. The number of ether oxygens (including phenoxy) is 1. The first kappa shape index (κ1) is 19.3. The number of amides is 2. The van der Waals surface area contributed by atoms with Crippen LogP contribution in [0.25, 0.3) is 0 Å². The third-order valence-electron chi connectivity index (χ3n) is 5.73. The predicted octanol–water partition coefficient (Wildman–Crippen LogP) is 3.60. The summed E-state index contributed by atoms with van der Waals surface area (Å²) in [7, 11) is 1.59. The van der Waals surface area contributed by atoms with Gasteiger partial charge in [0.2, 0.25) is 11.8 Å². The lowest BCUT2D eigenvalue weighted by Gasteiger charge is -2.22. The first-order valence-electron chi connectivity index (χ1n) is 10.2. The highest BCUT2D eigenvalue weighted by atomic mass is 16.5. The Kier molecular flexibility index (Phi) is 5.43. The van der Waals surface area contributed by atoms with Crippen molar-refractivity contribution in [2.45, 2.75) is 26.2 Å². The molecule has 0 radical (unpaired) electrons. The number of benzene rings is 2. The Morgan fingerprint density at radius 2 is 1.86 bits per heavy atom. The van der Waals surface area contributed by atoms with Crippen molar-refractivity contribution in [2.24, 2.45) is 5.92 Å². The Hall–Kier alpha value is -3.02. The lowest BCUT2D eigenvalue weighted by molar-refractivity contribution is -0.122. The van der Waals surface area contributed by atoms with Gasteiger partial charge in [-0.3, -0.25) is 9.59 Å². The third-order valence-corrected chi connectivity index (χ3v) is 5.73. The summed E-state index contributed by atoms with van der Waals surface area (Å²) in [5.41, 5.74) is 3.64. The number of hydrogen-bond acceptors (Lipinski definition) is 4. The number of rotatable bonds is 5. The molecule has 2 saturated heterocycles. The number of methoxy groups -OCH3 is 1. The van der Waals surface area contributed by atoms with E-state index in [0.29, 0.717) is 12.3 Å². The monoisotopic (exact) mass is 393 g/mol. The summed E-state index contributed by atoms with van der Waals surface area (Å²) < 4.78 is 5.43. The molecule has 2 fully saturated rings. The molecule has 29 heavy (non-hydrogen) atoms. The molecule has 0 aromatic heterocycles. The van der Waals surface area contributed by atoms with Crippen LogP contribution in [0.15, 0.2) is 42.5 Å². The van der Waals surface area contributed by atoms with Gasteiger partial charge in [0.15, 0.2) is 0 Å². The minimum atomic E-state index is -0.389. The molecule has 0 spiro atoms. The molecule has 2 heterocycles. The molecule has 152 valence electrons. The number of aryl methyl sites for hydroxylation is 1. The summed E-state index contributed by atoms with van der Waals surface area (Å²) in [6.45, 7) is 4.35. The van der Waals surface area contributed by atoms with Crippen LogP contribution >= 0.6 is 0 Å². The standard InChI is InChI=1S/C23H27N3O3/c1-16-9-10-21(29-2)20(13-16)26-15-17(14-22(26)27)23(28)24-18-7-3-4-8-19(18)25-11-5-6-12-25/h3-4,7-10,13,17H,5-6,11-12,14-15H2,1-2H3,(H,24,28). The molecule has 6 nitrogen and oxygen atoms in total. The van der Waals surface area contributed by atoms with E-state index in [0.717, 1.165) is 35.7 Å². The van der Waals surface area contributed by atoms with E-state index in [9.17, 15) is 9.59 Å². The fourth-order valence-corrected chi connectivity index (χ4v) is 4.17. The van der Waals surface area contributed by atoms with E-state index in [-0.39, 0.29) is 24.2 Å². The zero-order chi connectivity index (χ0) is 20.4. The fraction of sp³-hybridized carbons (Fsp3) is 0.391. The van der Waals surface area contributed by atoms with Crippen LogP contribution in [0.3, 0.4) is 0 Å². The maximum absolute atomic E-state index is 13.0. The van der Waals surface area contributed by atoms with E-state index in [1.165, 1.54) is 12.8 Å².